The number of nitrogens with one attached hydrogen (secondary N) is 1. The Balaban J connectivity index is 1.74. The monoisotopic (exact) mass is 264 g/mol. The van der Waals surface area contributed by atoms with Crippen LogP contribution in [0.25, 0.3) is 11.1 Å². The molecule has 0 fully saturated rings. The minimum absolute atomic E-state index is 0.454. The van der Waals surface area contributed by atoms with Crippen LogP contribution in [0.1, 0.15) is 11.1 Å². The fourth-order valence-electron chi connectivity index (χ4n) is 1.89. The summed E-state index contributed by atoms with van der Waals surface area (Å²) < 4.78 is 5.56. The molecule has 1 heterocycles. The lowest BCUT2D eigenvalue weighted by atomic mass is 10.1. The van der Waals surface area contributed by atoms with E-state index in [1.165, 1.54) is 0 Å². The van der Waals surface area contributed by atoms with Gasteiger partial charge in [-0.1, -0.05) is 12.1 Å². The second-order valence-electron chi connectivity index (χ2n) is 4.41. The summed E-state index contributed by atoms with van der Waals surface area (Å²) in [5.41, 5.74) is 9.45. The van der Waals surface area contributed by atoms with Crippen LogP contribution in [0.3, 0.4) is 0 Å². The van der Waals surface area contributed by atoms with E-state index in [1.807, 2.05) is 18.2 Å². The zero-order valence-electron chi connectivity index (χ0n) is 10.6. The molecule has 0 saturated heterocycles. The quantitative estimate of drug-likeness (QED) is 0.710. The van der Waals surface area contributed by atoms with Gasteiger partial charge in [0.05, 0.1) is 11.6 Å². The zero-order valence-corrected chi connectivity index (χ0v) is 10.6. The molecule has 3 rings (SSSR count). The number of aromatic nitrogens is 1. The van der Waals surface area contributed by atoms with Gasteiger partial charge in [-0.3, -0.25) is 0 Å². The van der Waals surface area contributed by atoms with E-state index < -0.39 is 0 Å². The summed E-state index contributed by atoms with van der Waals surface area (Å²) in [6, 6.07) is 15.2. The number of benzene rings is 2. The van der Waals surface area contributed by atoms with Crippen molar-refractivity contribution in [3.05, 3.63) is 53.6 Å². The third kappa shape index (κ3) is 2.40. The van der Waals surface area contributed by atoms with E-state index >= 15 is 0 Å². The summed E-state index contributed by atoms with van der Waals surface area (Å²) in [6.07, 6.45) is 0. The fourth-order valence-corrected chi connectivity index (χ4v) is 1.89. The predicted molar refractivity (Wildman–Crippen MR) is 76.9 cm³/mol. The summed E-state index contributed by atoms with van der Waals surface area (Å²) in [6.45, 7) is 0.577. The van der Waals surface area contributed by atoms with Gasteiger partial charge in [-0.05, 0) is 29.8 Å². The van der Waals surface area contributed by atoms with Gasteiger partial charge in [0, 0.05) is 18.3 Å². The summed E-state index contributed by atoms with van der Waals surface area (Å²) in [5, 5.41) is 11.8. The minimum atomic E-state index is 0.454. The molecule has 3 aromatic rings. The molecular formula is C15H12N4O. The van der Waals surface area contributed by atoms with Crippen molar-refractivity contribution in [2.24, 2.45) is 0 Å². The van der Waals surface area contributed by atoms with Crippen LogP contribution >= 0.6 is 0 Å². The Kier molecular flexibility index (Phi) is 2.98. The highest BCUT2D eigenvalue weighted by molar-refractivity contribution is 5.78. The van der Waals surface area contributed by atoms with Crippen LogP contribution in [-0.4, -0.2) is 4.98 Å². The Bertz CT molecular complexity index is 784. The second-order valence-corrected chi connectivity index (χ2v) is 4.41. The normalized spacial score (nSPS) is 10.3. The highest BCUT2D eigenvalue weighted by atomic mass is 16.4. The van der Waals surface area contributed by atoms with Crippen molar-refractivity contribution in [1.29, 1.82) is 5.26 Å². The number of hydrogen-bond donors (Lipinski definition) is 2. The van der Waals surface area contributed by atoms with Crippen molar-refractivity contribution >= 4 is 22.8 Å². The summed E-state index contributed by atoms with van der Waals surface area (Å²) in [5.74, 6) is 0. The molecule has 5 heteroatoms. The van der Waals surface area contributed by atoms with Crippen LogP contribution in [0.2, 0.25) is 0 Å². The number of nitriles is 1. The molecule has 0 saturated carbocycles. The van der Waals surface area contributed by atoms with Gasteiger partial charge >= 0.3 is 0 Å². The number of anilines is 2. The van der Waals surface area contributed by atoms with E-state index in [0.29, 0.717) is 29.4 Å². The molecule has 0 spiro atoms. The lowest BCUT2D eigenvalue weighted by Crippen LogP contribution is -1.99. The first-order valence-corrected chi connectivity index (χ1v) is 6.13. The standard InChI is InChI=1S/C15H12N4O/c16-8-10-1-3-11(4-2-10)9-18-15-19-13-6-5-12(17)7-14(13)20-15/h1-7H,9,17H2,(H,18,19). The molecule has 0 aliphatic rings. The molecule has 98 valence electrons. The first kappa shape index (κ1) is 12.1. The van der Waals surface area contributed by atoms with Gasteiger partial charge < -0.3 is 15.5 Å². The Labute approximate surface area is 115 Å². The van der Waals surface area contributed by atoms with Crippen molar-refractivity contribution in [2.75, 3.05) is 11.1 Å². The SMILES string of the molecule is N#Cc1ccc(CNc2nc3ccc(N)cc3o2)cc1. The van der Waals surface area contributed by atoms with Gasteiger partial charge in [0.1, 0.15) is 5.52 Å². The molecular weight excluding hydrogens is 252 g/mol. The molecule has 1 aromatic heterocycles. The van der Waals surface area contributed by atoms with Gasteiger partial charge in [0.2, 0.25) is 0 Å². The number of nitrogens with two attached hydrogens (primary N) is 1. The number of nitrogen functional groups attached to an aromatic ring is 1. The number of hydrogen-bond acceptors (Lipinski definition) is 5. The van der Waals surface area contributed by atoms with Gasteiger partial charge in [0.15, 0.2) is 5.58 Å². The smallest absolute Gasteiger partial charge is 0.295 e. The molecule has 2 aromatic carbocycles. The van der Waals surface area contributed by atoms with Gasteiger partial charge in [-0.2, -0.15) is 10.2 Å². The third-order valence-corrected chi connectivity index (χ3v) is 2.94. The topological polar surface area (TPSA) is 87.9 Å². The Morgan fingerprint density at radius 3 is 2.75 bits per heavy atom. The lowest BCUT2D eigenvalue weighted by molar-refractivity contribution is 0.614. The van der Waals surface area contributed by atoms with E-state index in [9.17, 15) is 0 Å². The Morgan fingerprint density at radius 1 is 1.20 bits per heavy atom. The molecule has 0 amide bonds. The predicted octanol–water partition coefficient (Wildman–Crippen LogP) is 2.89. The van der Waals surface area contributed by atoms with Crippen molar-refractivity contribution < 1.29 is 4.42 Å². The maximum atomic E-state index is 8.74. The van der Waals surface area contributed by atoms with E-state index in [4.69, 9.17) is 15.4 Å². The molecule has 0 aliphatic carbocycles. The van der Waals surface area contributed by atoms with Crippen molar-refractivity contribution in [1.82, 2.24) is 4.98 Å². The van der Waals surface area contributed by atoms with Crippen LogP contribution in [0, 0.1) is 11.3 Å². The largest absolute Gasteiger partial charge is 0.423 e. The molecule has 0 aliphatic heterocycles. The minimum Gasteiger partial charge on any atom is -0.423 e. The first-order valence-electron chi connectivity index (χ1n) is 6.13. The van der Waals surface area contributed by atoms with E-state index in [-0.39, 0.29) is 0 Å². The average molecular weight is 264 g/mol. The van der Waals surface area contributed by atoms with Crippen molar-refractivity contribution in [2.45, 2.75) is 6.54 Å². The molecule has 0 atom stereocenters. The van der Waals surface area contributed by atoms with Gasteiger partial charge in [-0.15, -0.1) is 0 Å². The lowest BCUT2D eigenvalue weighted by Gasteiger charge is -2.01. The van der Waals surface area contributed by atoms with Crippen molar-refractivity contribution in [3.63, 3.8) is 0 Å². The van der Waals surface area contributed by atoms with Crippen LogP contribution in [0.4, 0.5) is 11.7 Å². The number of nitrogens with zero attached hydrogens (tertiary/aromatic N) is 2. The Hall–Kier alpha value is -3.00. The third-order valence-electron chi connectivity index (χ3n) is 2.94. The molecule has 3 N–H and O–H groups in total. The van der Waals surface area contributed by atoms with Crippen LogP contribution in [0.5, 0.6) is 0 Å². The first-order chi connectivity index (χ1) is 9.74. The number of rotatable bonds is 3. The second kappa shape index (κ2) is 4.94. The Morgan fingerprint density at radius 2 is 2.00 bits per heavy atom. The molecule has 0 bridgehead atoms. The van der Waals surface area contributed by atoms with E-state index in [1.54, 1.807) is 24.3 Å². The van der Waals surface area contributed by atoms with Crippen molar-refractivity contribution in [3.8, 4) is 6.07 Å². The maximum Gasteiger partial charge on any atom is 0.295 e. The highest BCUT2D eigenvalue weighted by Crippen LogP contribution is 2.21. The average Bonchev–Trinajstić information content (AvgIpc) is 2.87. The number of fused-ring (bicyclic) bond motifs is 1. The van der Waals surface area contributed by atoms with Gasteiger partial charge in [0.25, 0.3) is 6.01 Å². The zero-order chi connectivity index (χ0) is 13.9. The summed E-state index contributed by atoms with van der Waals surface area (Å²) in [7, 11) is 0. The fraction of sp³-hybridized carbons (Fsp3) is 0.0667. The van der Waals surface area contributed by atoms with Crippen LogP contribution in [-0.2, 0) is 6.54 Å². The highest BCUT2D eigenvalue weighted by Gasteiger charge is 2.05. The van der Waals surface area contributed by atoms with Crippen LogP contribution in [0.15, 0.2) is 46.9 Å². The summed E-state index contributed by atoms with van der Waals surface area (Å²) >= 11 is 0. The molecule has 0 radical (unpaired) electrons. The van der Waals surface area contributed by atoms with E-state index in [0.717, 1.165) is 11.1 Å². The van der Waals surface area contributed by atoms with E-state index in [2.05, 4.69) is 16.4 Å². The maximum absolute atomic E-state index is 8.74. The van der Waals surface area contributed by atoms with Gasteiger partial charge in [-0.25, -0.2) is 0 Å². The van der Waals surface area contributed by atoms with Crippen LogP contribution < -0.4 is 11.1 Å². The summed E-state index contributed by atoms with van der Waals surface area (Å²) in [4.78, 5) is 4.32. The molecule has 0 unspecified atom stereocenters. The molecule has 5 nitrogen and oxygen atoms in total. The number of oxazole rings is 1. The molecule has 20 heavy (non-hydrogen) atoms.